The smallest absolute Gasteiger partial charge is 0.0543 e. The fourth-order valence-electron chi connectivity index (χ4n) is 8.68. The van der Waals surface area contributed by atoms with Crippen LogP contribution in [0, 0.1) is 52.3 Å². The number of aliphatic hydroxyl groups excluding tert-OH is 1. The van der Waals surface area contributed by atoms with E-state index in [1.807, 2.05) is 5.57 Å². The highest BCUT2D eigenvalue weighted by Gasteiger charge is 2.57. The van der Waals surface area contributed by atoms with Crippen LogP contribution >= 0.6 is 0 Å². The number of hydrogen-bond donors (Lipinski definition) is 1. The molecule has 0 radical (unpaired) electrons. The van der Waals surface area contributed by atoms with E-state index >= 15 is 0 Å². The summed E-state index contributed by atoms with van der Waals surface area (Å²) in [5.41, 5.74) is 2.79. The molecule has 0 aromatic heterocycles. The van der Waals surface area contributed by atoms with E-state index in [1.165, 1.54) is 44.9 Å². The third-order valence-corrected chi connectivity index (χ3v) is 10.7. The van der Waals surface area contributed by atoms with Gasteiger partial charge in [0.25, 0.3) is 0 Å². The lowest BCUT2D eigenvalue weighted by atomic mass is 9.47. The van der Waals surface area contributed by atoms with Gasteiger partial charge in [-0.1, -0.05) is 65.3 Å². The SMILES string of the molecule is CC[C@H](/C=C/[C@H](C)[C@@H]1CC[C@H]2C3=CC[C@H]4C[C@@H](O)CC[C@]4(C)[C@H]3CC[C@@]21C)C(C)C. The number of fused-ring (bicyclic) bond motifs is 5. The summed E-state index contributed by atoms with van der Waals surface area (Å²) >= 11 is 0. The zero-order valence-corrected chi connectivity index (χ0v) is 20.7. The molecule has 30 heavy (non-hydrogen) atoms. The summed E-state index contributed by atoms with van der Waals surface area (Å²) in [6, 6.07) is 0. The average Bonchev–Trinajstić information content (AvgIpc) is 3.06. The van der Waals surface area contributed by atoms with Gasteiger partial charge in [-0.3, -0.25) is 0 Å². The molecular formula is C29H48O. The van der Waals surface area contributed by atoms with Gasteiger partial charge in [-0.05, 0) is 110 Å². The first-order valence-corrected chi connectivity index (χ1v) is 13.3. The zero-order valence-electron chi connectivity index (χ0n) is 20.7. The summed E-state index contributed by atoms with van der Waals surface area (Å²) in [5, 5.41) is 10.3. The molecule has 0 amide bonds. The van der Waals surface area contributed by atoms with Gasteiger partial charge in [-0.2, -0.15) is 0 Å². The van der Waals surface area contributed by atoms with Crippen molar-refractivity contribution >= 4 is 0 Å². The predicted molar refractivity (Wildman–Crippen MR) is 128 cm³/mol. The van der Waals surface area contributed by atoms with Gasteiger partial charge in [0.2, 0.25) is 0 Å². The lowest BCUT2D eigenvalue weighted by Crippen LogP contribution is -2.49. The molecule has 0 heterocycles. The standard InChI is InChI=1S/C29H48O/c1-7-21(19(2)3)9-8-20(4)25-12-13-26-24-11-10-22-18-23(30)14-16-28(22,5)27(24)15-17-29(25,26)6/h8-9,11,19-23,25-27,30H,7,10,12-18H2,1-6H3/b9-8+/t20-,21+,22-,23-,25-,26-,27-,28-,29+/m0/s1. The highest BCUT2D eigenvalue weighted by molar-refractivity contribution is 5.28. The minimum Gasteiger partial charge on any atom is -0.393 e. The molecular weight excluding hydrogens is 364 g/mol. The van der Waals surface area contributed by atoms with Gasteiger partial charge < -0.3 is 5.11 Å². The van der Waals surface area contributed by atoms with E-state index in [4.69, 9.17) is 0 Å². The molecule has 3 saturated carbocycles. The van der Waals surface area contributed by atoms with Crippen LogP contribution in [0.5, 0.6) is 0 Å². The Morgan fingerprint density at radius 2 is 1.70 bits per heavy atom. The lowest BCUT2D eigenvalue weighted by Gasteiger charge is -2.57. The minimum absolute atomic E-state index is 0.0480. The van der Waals surface area contributed by atoms with Crippen LogP contribution in [0.25, 0.3) is 0 Å². The van der Waals surface area contributed by atoms with Gasteiger partial charge in [0, 0.05) is 0 Å². The summed E-state index contributed by atoms with van der Waals surface area (Å²) in [5.74, 6) is 5.32. The molecule has 0 unspecified atom stereocenters. The Hall–Kier alpha value is -0.560. The molecule has 0 aliphatic heterocycles. The summed E-state index contributed by atoms with van der Waals surface area (Å²) < 4.78 is 0. The fraction of sp³-hybridized carbons (Fsp3) is 0.862. The maximum atomic E-state index is 10.3. The van der Waals surface area contributed by atoms with Crippen molar-refractivity contribution in [3.63, 3.8) is 0 Å². The number of rotatable bonds is 5. The van der Waals surface area contributed by atoms with Crippen LogP contribution in [0.1, 0.15) is 99.3 Å². The molecule has 1 nitrogen and oxygen atoms in total. The van der Waals surface area contributed by atoms with Crippen LogP contribution in [0.4, 0.5) is 0 Å². The van der Waals surface area contributed by atoms with E-state index in [-0.39, 0.29) is 6.10 Å². The van der Waals surface area contributed by atoms with Crippen molar-refractivity contribution in [3.05, 3.63) is 23.8 Å². The van der Waals surface area contributed by atoms with Crippen LogP contribution < -0.4 is 0 Å². The third-order valence-electron chi connectivity index (χ3n) is 10.7. The summed E-state index contributed by atoms with van der Waals surface area (Å²) in [6.45, 7) is 14.8. The molecule has 0 spiro atoms. The second kappa shape index (κ2) is 8.42. The highest BCUT2D eigenvalue weighted by atomic mass is 16.3. The molecule has 0 aromatic rings. The van der Waals surface area contributed by atoms with Crippen LogP contribution in [0.3, 0.4) is 0 Å². The second-order valence-corrected chi connectivity index (χ2v) is 12.5. The van der Waals surface area contributed by atoms with Gasteiger partial charge >= 0.3 is 0 Å². The Bertz CT molecular complexity index is 674. The van der Waals surface area contributed by atoms with E-state index in [1.54, 1.807) is 0 Å². The fourth-order valence-corrected chi connectivity index (χ4v) is 8.68. The van der Waals surface area contributed by atoms with Crippen molar-refractivity contribution < 1.29 is 5.11 Å². The molecule has 0 aromatic carbocycles. The van der Waals surface area contributed by atoms with Gasteiger partial charge in [0.15, 0.2) is 0 Å². The van der Waals surface area contributed by atoms with E-state index in [0.717, 1.165) is 42.4 Å². The van der Waals surface area contributed by atoms with Gasteiger partial charge in [0.1, 0.15) is 0 Å². The van der Waals surface area contributed by atoms with Gasteiger partial charge in [-0.15, -0.1) is 0 Å². The quantitative estimate of drug-likeness (QED) is 0.457. The largest absolute Gasteiger partial charge is 0.393 e. The summed E-state index contributed by atoms with van der Waals surface area (Å²) in [4.78, 5) is 0. The highest BCUT2D eigenvalue weighted by Crippen LogP contribution is 2.66. The monoisotopic (exact) mass is 412 g/mol. The maximum absolute atomic E-state index is 10.3. The molecule has 4 aliphatic rings. The number of hydrogen-bond acceptors (Lipinski definition) is 1. The second-order valence-electron chi connectivity index (χ2n) is 12.5. The van der Waals surface area contributed by atoms with E-state index in [2.05, 4.69) is 59.8 Å². The molecule has 4 aliphatic carbocycles. The van der Waals surface area contributed by atoms with Crippen LogP contribution in [0.2, 0.25) is 0 Å². The Balaban J connectivity index is 1.53. The number of allylic oxidation sites excluding steroid dienone is 4. The first kappa shape index (κ1) is 22.6. The normalized spacial score (nSPS) is 45.6. The van der Waals surface area contributed by atoms with Crippen molar-refractivity contribution in [3.8, 4) is 0 Å². The Morgan fingerprint density at radius 3 is 2.40 bits per heavy atom. The van der Waals surface area contributed by atoms with E-state index in [9.17, 15) is 5.11 Å². The maximum Gasteiger partial charge on any atom is 0.0543 e. The molecule has 0 bridgehead atoms. The summed E-state index contributed by atoms with van der Waals surface area (Å²) in [6.07, 6.45) is 19.2. The van der Waals surface area contributed by atoms with Gasteiger partial charge in [0.05, 0.1) is 6.10 Å². The molecule has 1 N–H and O–H groups in total. The predicted octanol–water partition coefficient (Wildman–Crippen LogP) is 7.80. The molecule has 1 heteroatoms. The Labute approximate surface area is 186 Å². The first-order chi connectivity index (χ1) is 14.2. The third kappa shape index (κ3) is 3.66. The van der Waals surface area contributed by atoms with E-state index < -0.39 is 0 Å². The molecule has 170 valence electrons. The van der Waals surface area contributed by atoms with Crippen LogP contribution in [0.15, 0.2) is 23.8 Å². The molecule has 9 atom stereocenters. The molecule has 0 saturated heterocycles. The Morgan fingerprint density at radius 1 is 1.00 bits per heavy atom. The zero-order chi connectivity index (χ0) is 21.7. The van der Waals surface area contributed by atoms with Crippen molar-refractivity contribution in [1.82, 2.24) is 0 Å². The summed E-state index contributed by atoms with van der Waals surface area (Å²) in [7, 11) is 0. The topological polar surface area (TPSA) is 20.2 Å². The van der Waals surface area contributed by atoms with Crippen molar-refractivity contribution in [1.29, 1.82) is 0 Å². The lowest BCUT2D eigenvalue weighted by molar-refractivity contribution is -0.0414. The van der Waals surface area contributed by atoms with Crippen LogP contribution in [-0.2, 0) is 0 Å². The van der Waals surface area contributed by atoms with E-state index in [0.29, 0.717) is 22.7 Å². The van der Waals surface area contributed by atoms with Crippen LogP contribution in [-0.4, -0.2) is 11.2 Å². The minimum atomic E-state index is -0.0480. The molecule has 3 fully saturated rings. The van der Waals surface area contributed by atoms with Crippen molar-refractivity contribution in [2.45, 2.75) is 105 Å². The Kier molecular flexibility index (Phi) is 6.35. The first-order valence-electron chi connectivity index (χ1n) is 13.3. The van der Waals surface area contributed by atoms with Gasteiger partial charge in [-0.25, -0.2) is 0 Å². The average molecular weight is 413 g/mol. The number of aliphatic hydroxyl groups is 1. The molecule has 4 rings (SSSR count). The van der Waals surface area contributed by atoms with Crippen molar-refractivity contribution in [2.75, 3.05) is 0 Å². The van der Waals surface area contributed by atoms with Crippen molar-refractivity contribution in [2.24, 2.45) is 52.3 Å².